The molecular formula is C22H26O4Si. The third-order valence-electron chi connectivity index (χ3n) is 4.24. The molecule has 2 rings (SSSR count). The van der Waals surface area contributed by atoms with Crippen molar-refractivity contribution in [2.75, 3.05) is 28.4 Å². The van der Waals surface area contributed by atoms with E-state index in [4.69, 9.17) is 18.9 Å². The molecule has 0 aliphatic rings. The van der Waals surface area contributed by atoms with Crippen molar-refractivity contribution in [3.05, 3.63) is 48.6 Å². The van der Waals surface area contributed by atoms with Crippen molar-refractivity contribution >= 4 is 31.0 Å². The molecule has 0 N–H and O–H groups in total. The average molecular weight is 383 g/mol. The fourth-order valence-electron chi connectivity index (χ4n) is 2.82. The first-order valence-corrected chi connectivity index (χ1v) is 9.47. The van der Waals surface area contributed by atoms with Crippen molar-refractivity contribution in [3.63, 3.8) is 0 Å². The highest BCUT2D eigenvalue weighted by Gasteiger charge is 2.17. The Morgan fingerprint density at radius 2 is 0.926 bits per heavy atom. The number of ether oxygens (including phenoxy) is 4. The molecule has 0 spiro atoms. The summed E-state index contributed by atoms with van der Waals surface area (Å²) in [5, 5.41) is 2.24. The van der Waals surface area contributed by atoms with Crippen LogP contribution < -0.4 is 29.3 Å². The molecule has 0 fully saturated rings. The molecule has 0 aliphatic carbocycles. The Morgan fingerprint density at radius 1 is 0.630 bits per heavy atom. The molecule has 142 valence electrons. The van der Waals surface area contributed by atoms with Crippen LogP contribution in [0.2, 0.25) is 0 Å². The summed E-state index contributed by atoms with van der Waals surface area (Å²) < 4.78 is 21.9. The molecule has 2 aromatic rings. The van der Waals surface area contributed by atoms with E-state index in [1.165, 1.54) is 0 Å². The minimum Gasteiger partial charge on any atom is -0.493 e. The van der Waals surface area contributed by atoms with Crippen molar-refractivity contribution < 1.29 is 18.9 Å². The molecule has 2 radical (unpaired) electrons. The van der Waals surface area contributed by atoms with Crippen molar-refractivity contribution in [2.45, 2.75) is 13.8 Å². The van der Waals surface area contributed by atoms with Gasteiger partial charge in [0.15, 0.2) is 23.0 Å². The van der Waals surface area contributed by atoms with Crippen LogP contribution in [0.15, 0.2) is 37.4 Å². The summed E-state index contributed by atoms with van der Waals surface area (Å²) in [6.45, 7) is 12.2. The SMILES string of the molecule is C=C(C)c1cc(OC)c(OC)cc1[Si]c1cc(OC)c(OC)cc1C(=C)C. The van der Waals surface area contributed by atoms with E-state index in [0.717, 1.165) is 32.6 Å². The van der Waals surface area contributed by atoms with Crippen LogP contribution in [0.3, 0.4) is 0 Å². The van der Waals surface area contributed by atoms with Crippen molar-refractivity contribution in [1.82, 2.24) is 0 Å². The Labute approximate surface area is 164 Å². The second-order valence-electron chi connectivity index (χ2n) is 6.19. The molecule has 0 aromatic heterocycles. The molecule has 0 amide bonds. The first kappa shape index (κ1) is 20.6. The summed E-state index contributed by atoms with van der Waals surface area (Å²) in [6.07, 6.45) is 0. The molecule has 0 saturated heterocycles. The zero-order valence-electron chi connectivity index (χ0n) is 16.9. The largest absolute Gasteiger partial charge is 0.493 e. The molecule has 0 aliphatic heterocycles. The smallest absolute Gasteiger partial charge is 0.161 e. The van der Waals surface area contributed by atoms with Gasteiger partial charge in [0.1, 0.15) is 9.52 Å². The lowest BCUT2D eigenvalue weighted by Crippen LogP contribution is -2.32. The van der Waals surface area contributed by atoms with E-state index >= 15 is 0 Å². The maximum absolute atomic E-state index is 5.50. The highest BCUT2D eigenvalue weighted by molar-refractivity contribution is 6.69. The van der Waals surface area contributed by atoms with Crippen molar-refractivity contribution in [2.24, 2.45) is 0 Å². The summed E-state index contributed by atoms with van der Waals surface area (Å²) in [5.41, 5.74) is 4.04. The Morgan fingerprint density at radius 3 is 1.19 bits per heavy atom. The monoisotopic (exact) mass is 382 g/mol. The number of methoxy groups -OCH3 is 4. The first-order valence-electron chi connectivity index (χ1n) is 8.47. The molecule has 27 heavy (non-hydrogen) atoms. The standard InChI is InChI=1S/C22H26O4Si/c1-13(2)15-9-17(23-5)19(25-7)11-21(15)27-22-12-20(26-8)18(24-6)10-16(22)14(3)4/h9-12H,1,3H2,2,4-8H3. The zero-order chi connectivity index (χ0) is 20.1. The summed E-state index contributed by atoms with van der Waals surface area (Å²) in [6, 6.07) is 7.98. The Kier molecular flexibility index (Phi) is 6.74. The van der Waals surface area contributed by atoms with Crippen LogP contribution in [0.25, 0.3) is 11.1 Å². The summed E-state index contributed by atoms with van der Waals surface area (Å²) in [5.74, 6) is 2.78. The molecule has 0 saturated carbocycles. The second-order valence-corrected chi connectivity index (χ2v) is 7.52. The second kappa shape index (κ2) is 8.82. The maximum Gasteiger partial charge on any atom is 0.161 e. The number of allylic oxidation sites excluding steroid dienone is 2. The number of hydrogen-bond donors (Lipinski definition) is 0. The number of rotatable bonds is 8. The normalized spacial score (nSPS) is 10.3. The van der Waals surface area contributed by atoms with Gasteiger partial charge in [0.05, 0.1) is 28.4 Å². The van der Waals surface area contributed by atoms with Gasteiger partial charge in [-0.15, -0.1) is 0 Å². The van der Waals surface area contributed by atoms with Gasteiger partial charge < -0.3 is 18.9 Å². The fourth-order valence-corrected chi connectivity index (χ4v) is 4.35. The van der Waals surface area contributed by atoms with Gasteiger partial charge in [-0.05, 0) is 59.6 Å². The topological polar surface area (TPSA) is 36.9 Å². The van der Waals surface area contributed by atoms with Gasteiger partial charge in [0, 0.05) is 0 Å². The van der Waals surface area contributed by atoms with Gasteiger partial charge in [-0.2, -0.15) is 0 Å². The summed E-state index contributed by atoms with van der Waals surface area (Å²) in [4.78, 5) is 0. The van der Waals surface area contributed by atoms with Gasteiger partial charge in [0.25, 0.3) is 0 Å². The van der Waals surface area contributed by atoms with Crippen molar-refractivity contribution in [3.8, 4) is 23.0 Å². The summed E-state index contributed by atoms with van der Waals surface area (Å²) >= 11 is 0. The minimum atomic E-state index is 0.362. The van der Waals surface area contributed by atoms with Crippen LogP contribution in [0, 0.1) is 0 Å². The Hall–Kier alpha value is -2.66. The number of benzene rings is 2. The van der Waals surface area contributed by atoms with E-state index in [1.807, 2.05) is 38.1 Å². The van der Waals surface area contributed by atoms with Crippen LogP contribution in [0.5, 0.6) is 23.0 Å². The quantitative estimate of drug-likeness (QED) is 0.656. The highest BCUT2D eigenvalue weighted by Crippen LogP contribution is 2.30. The first-order chi connectivity index (χ1) is 12.9. The lowest BCUT2D eigenvalue weighted by molar-refractivity contribution is 0.355. The molecule has 0 unspecified atom stereocenters. The van der Waals surface area contributed by atoms with E-state index in [2.05, 4.69) is 13.2 Å². The lowest BCUT2D eigenvalue weighted by atomic mass is 10.1. The van der Waals surface area contributed by atoms with Crippen LogP contribution in [0.1, 0.15) is 25.0 Å². The predicted octanol–water partition coefficient (Wildman–Crippen LogP) is 3.44. The van der Waals surface area contributed by atoms with Gasteiger partial charge in [0.2, 0.25) is 0 Å². The van der Waals surface area contributed by atoms with E-state index in [1.54, 1.807) is 28.4 Å². The van der Waals surface area contributed by atoms with Gasteiger partial charge in [-0.3, -0.25) is 0 Å². The van der Waals surface area contributed by atoms with Crippen LogP contribution >= 0.6 is 0 Å². The fraction of sp³-hybridized carbons (Fsp3) is 0.273. The molecule has 2 aromatic carbocycles. The van der Waals surface area contributed by atoms with Crippen LogP contribution in [-0.2, 0) is 0 Å². The molecule has 5 heteroatoms. The minimum absolute atomic E-state index is 0.362. The highest BCUT2D eigenvalue weighted by atomic mass is 28.2. The maximum atomic E-state index is 5.50. The predicted molar refractivity (Wildman–Crippen MR) is 114 cm³/mol. The van der Waals surface area contributed by atoms with E-state index in [9.17, 15) is 0 Å². The third kappa shape index (κ3) is 4.36. The van der Waals surface area contributed by atoms with Crippen LogP contribution in [-0.4, -0.2) is 38.0 Å². The number of hydrogen-bond acceptors (Lipinski definition) is 4. The molecule has 0 atom stereocenters. The van der Waals surface area contributed by atoms with E-state index < -0.39 is 0 Å². The zero-order valence-corrected chi connectivity index (χ0v) is 17.9. The van der Waals surface area contributed by atoms with Gasteiger partial charge in [-0.1, -0.05) is 24.3 Å². The third-order valence-corrected chi connectivity index (χ3v) is 5.60. The lowest BCUT2D eigenvalue weighted by Gasteiger charge is -2.18. The molecule has 4 nitrogen and oxygen atoms in total. The van der Waals surface area contributed by atoms with Gasteiger partial charge >= 0.3 is 0 Å². The average Bonchev–Trinajstić information content (AvgIpc) is 2.66. The van der Waals surface area contributed by atoms with Crippen molar-refractivity contribution in [1.29, 1.82) is 0 Å². The molecular weight excluding hydrogens is 356 g/mol. The van der Waals surface area contributed by atoms with E-state index in [0.29, 0.717) is 32.5 Å². The molecule has 0 heterocycles. The molecule has 0 bridgehead atoms. The van der Waals surface area contributed by atoms with E-state index in [-0.39, 0.29) is 0 Å². The van der Waals surface area contributed by atoms with Crippen LogP contribution in [0.4, 0.5) is 0 Å². The Bertz CT molecular complexity index is 800. The Balaban J connectivity index is 2.65. The van der Waals surface area contributed by atoms with Gasteiger partial charge in [-0.25, -0.2) is 0 Å². The summed E-state index contributed by atoms with van der Waals surface area (Å²) in [7, 11) is 6.91.